The Labute approximate surface area is 206 Å². The summed E-state index contributed by atoms with van der Waals surface area (Å²) in [6.07, 6.45) is 0.761. The first-order valence-electron chi connectivity index (χ1n) is 11.5. The zero-order valence-electron chi connectivity index (χ0n) is 20.0. The Bertz CT molecular complexity index is 1360. The fourth-order valence-electron chi connectivity index (χ4n) is 4.50. The number of hydrogen-bond donors (Lipinski definition) is 2. The van der Waals surface area contributed by atoms with Crippen molar-refractivity contribution in [2.75, 3.05) is 10.2 Å². The molecule has 7 nitrogen and oxygen atoms in total. The SMILES string of the molecule is CC(=O)N1c2ccc(S(=O)(=O)NC(Cc3ccccc3)C(=O)Nc3cccc(C)c3)cc2CC1C. The predicted molar refractivity (Wildman–Crippen MR) is 137 cm³/mol. The largest absolute Gasteiger partial charge is 0.325 e. The second-order valence-electron chi connectivity index (χ2n) is 8.96. The fraction of sp³-hybridized carbons (Fsp3) is 0.259. The van der Waals surface area contributed by atoms with E-state index >= 15 is 0 Å². The van der Waals surface area contributed by atoms with E-state index in [1.807, 2.05) is 62.4 Å². The van der Waals surface area contributed by atoms with Crippen molar-refractivity contribution in [3.05, 3.63) is 89.5 Å². The highest BCUT2D eigenvalue weighted by Crippen LogP contribution is 2.34. The molecule has 4 rings (SSSR count). The molecule has 1 heterocycles. The number of carbonyl (C=O) groups excluding carboxylic acids is 2. The lowest BCUT2D eigenvalue weighted by Crippen LogP contribution is -2.45. The minimum absolute atomic E-state index is 0.0423. The minimum atomic E-state index is -4.02. The van der Waals surface area contributed by atoms with Gasteiger partial charge < -0.3 is 10.2 Å². The molecule has 0 saturated heterocycles. The van der Waals surface area contributed by atoms with Gasteiger partial charge in [0.15, 0.2) is 0 Å². The lowest BCUT2D eigenvalue weighted by Gasteiger charge is -2.21. The van der Waals surface area contributed by atoms with Crippen LogP contribution in [0.3, 0.4) is 0 Å². The lowest BCUT2D eigenvalue weighted by atomic mass is 10.1. The van der Waals surface area contributed by atoms with Crippen LogP contribution in [0, 0.1) is 6.92 Å². The Kier molecular flexibility index (Phi) is 7.05. The van der Waals surface area contributed by atoms with Gasteiger partial charge in [0, 0.05) is 24.3 Å². The molecule has 2 N–H and O–H groups in total. The van der Waals surface area contributed by atoms with Gasteiger partial charge in [-0.3, -0.25) is 9.59 Å². The van der Waals surface area contributed by atoms with Gasteiger partial charge in [-0.2, -0.15) is 4.72 Å². The topological polar surface area (TPSA) is 95.6 Å². The monoisotopic (exact) mass is 491 g/mol. The molecule has 1 aliphatic heterocycles. The van der Waals surface area contributed by atoms with E-state index in [9.17, 15) is 18.0 Å². The molecule has 0 fully saturated rings. The van der Waals surface area contributed by atoms with E-state index in [4.69, 9.17) is 0 Å². The number of carbonyl (C=O) groups is 2. The third-order valence-electron chi connectivity index (χ3n) is 6.10. The molecule has 0 spiro atoms. The lowest BCUT2D eigenvalue weighted by molar-refractivity contribution is -0.118. The Morgan fingerprint density at radius 3 is 2.46 bits per heavy atom. The maximum absolute atomic E-state index is 13.4. The highest BCUT2D eigenvalue weighted by atomic mass is 32.2. The summed E-state index contributed by atoms with van der Waals surface area (Å²) in [5, 5.41) is 2.83. The molecule has 2 unspecified atom stereocenters. The smallest absolute Gasteiger partial charge is 0.242 e. The summed E-state index contributed by atoms with van der Waals surface area (Å²) < 4.78 is 29.3. The van der Waals surface area contributed by atoms with Gasteiger partial charge in [-0.15, -0.1) is 0 Å². The average Bonchev–Trinajstić information content (AvgIpc) is 3.14. The number of aryl methyl sites for hydroxylation is 1. The molecule has 8 heteroatoms. The van der Waals surface area contributed by atoms with Gasteiger partial charge in [0.2, 0.25) is 21.8 Å². The molecular formula is C27H29N3O4S. The number of amides is 2. The van der Waals surface area contributed by atoms with Crippen LogP contribution in [0.25, 0.3) is 0 Å². The summed E-state index contributed by atoms with van der Waals surface area (Å²) in [5.41, 5.74) is 3.93. The van der Waals surface area contributed by atoms with Crippen molar-refractivity contribution in [1.29, 1.82) is 0 Å². The molecule has 35 heavy (non-hydrogen) atoms. The van der Waals surface area contributed by atoms with Crippen molar-refractivity contribution in [2.24, 2.45) is 0 Å². The van der Waals surface area contributed by atoms with Gasteiger partial charge in [-0.1, -0.05) is 42.5 Å². The van der Waals surface area contributed by atoms with E-state index in [1.165, 1.54) is 13.0 Å². The zero-order valence-corrected chi connectivity index (χ0v) is 20.8. The third-order valence-corrected chi connectivity index (χ3v) is 7.57. The van der Waals surface area contributed by atoms with Gasteiger partial charge >= 0.3 is 0 Å². The first-order chi connectivity index (χ1) is 16.6. The van der Waals surface area contributed by atoms with Crippen molar-refractivity contribution in [1.82, 2.24) is 4.72 Å². The minimum Gasteiger partial charge on any atom is -0.325 e. The summed E-state index contributed by atoms with van der Waals surface area (Å²) in [4.78, 5) is 27.0. The van der Waals surface area contributed by atoms with Crippen LogP contribution in [0.2, 0.25) is 0 Å². The highest BCUT2D eigenvalue weighted by molar-refractivity contribution is 7.89. The number of fused-ring (bicyclic) bond motifs is 1. The van der Waals surface area contributed by atoms with E-state index in [0.29, 0.717) is 12.1 Å². The summed E-state index contributed by atoms with van der Waals surface area (Å²) >= 11 is 0. The highest BCUT2D eigenvalue weighted by Gasteiger charge is 2.32. The van der Waals surface area contributed by atoms with Crippen LogP contribution in [0.5, 0.6) is 0 Å². The molecule has 2 amide bonds. The van der Waals surface area contributed by atoms with E-state index in [0.717, 1.165) is 22.4 Å². The van der Waals surface area contributed by atoms with Crippen molar-refractivity contribution in [3.63, 3.8) is 0 Å². The van der Waals surface area contributed by atoms with Crippen LogP contribution < -0.4 is 14.9 Å². The average molecular weight is 492 g/mol. The van der Waals surface area contributed by atoms with Gasteiger partial charge in [0.1, 0.15) is 6.04 Å². The molecule has 182 valence electrons. The van der Waals surface area contributed by atoms with Crippen molar-refractivity contribution in [2.45, 2.75) is 50.6 Å². The van der Waals surface area contributed by atoms with Gasteiger partial charge in [0.25, 0.3) is 0 Å². The van der Waals surface area contributed by atoms with E-state index in [2.05, 4.69) is 10.0 Å². The second kappa shape index (κ2) is 10.0. The standard InChI is InChI=1S/C27H29N3O4S/c1-18-8-7-11-23(14-18)28-27(32)25(16-21-9-5-4-6-10-21)29-35(33,34)24-12-13-26-22(17-24)15-19(2)30(26)20(3)31/h4-14,17,19,25,29H,15-16H2,1-3H3,(H,28,32). The number of hydrogen-bond acceptors (Lipinski definition) is 4. The quantitative estimate of drug-likeness (QED) is 0.525. The van der Waals surface area contributed by atoms with Crippen LogP contribution in [-0.4, -0.2) is 32.3 Å². The molecular weight excluding hydrogens is 462 g/mol. The van der Waals surface area contributed by atoms with Gasteiger partial charge in [-0.25, -0.2) is 8.42 Å². The molecule has 0 aromatic heterocycles. The molecule has 2 atom stereocenters. The second-order valence-corrected chi connectivity index (χ2v) is 10.7. The summed E-state index contributed by atoms with van der Waals surface area (Å²) in [6.45, 7) is 5.35. The maximum atomic E-state index is 13.4. The van der Waals surface area contributed by atoms with Crippen molar-refractivity contribution in [3.8, 4) is 0 Å². The van der Waals surface area contributed by atoms with Crippen LogP contribution in [-0.2, 0) is 32.5 Å². The van der Waals surface area contributed by atoms with E-state index < -0.39 is 22.0 Å². The van der Waals surface area contributed by atoms with Crippen LogP contribution in [0.4, 0.5) is 11.4 Å². The number of rotatable bonds is 7. The van der Waals surface area contributed by atoms with Gasteiger partial charge in [0.05, 0.1) is 4.90 Å². The number of anilines is 2. The normalized spacial score (nSPS) is 16.0. The third kappa shape index (κ3) is 5.61. The Hall–Kier alpha value is -3.49. The molecule has 0 aliphatic carbocycles. The molecule has 1 aliphatic rings. The molecule has 3 aromatic rings. The summed E-state index contributed by atoms with van der Waals surface area (Å²) in [6, 6.07) is 20.3. The first-order valence-corrected chi connectivity index (χ1v) is 13.0. The molecule has 0 saturated carbocycles. The van der Waals surface area contributed by atoms with Crippen LogP contribution in [0.1, 0.15) is 30.5 Å². The maximum Gasteiger partial charge on any atom is 0.242 e. The number of sulfonamides is 1. The first kappa shape index (κ1) is 24.6. The number of nitrogens with one attached hydrogen (secondary N) is 2. The fourth-order valence-corrected chi connectivity index (χ4v) is 5.75. The Morgan fingerprint density at radius 1 is 1.03 bits per heavy atom. The molecule has 0 radical (unpaired) electrons. The van der Waals surface area contributed by atoms with Crippen LogP contribution >= 0.6 is 0 Å². The Morgan fingerprint density at radius 2 is 1.77 bits per heavy atom. The zero-order chi connectivity index (χ0) is 25.2. The van der Waals surface area contributed by atoms with Crippen molar-refractivity contribution >= 4 is 33.2 Å². The van der Waals surface area contributed by atoms with E-state index in [-0.39, 0.29) is 23.3 Å². The Balaban J connectivity index is 1.61. The van der Waals surface area contributed by atoms with Gasteiger partial charge in [-0.05, 0) is 73.7 Å². The summed E-state index contributed by atoms with van der Waals surface area (Å²) in [7, 11) is -4.02. The number of benzene rings is 3. The molecule has 3 aromatic carbocycles. The van der Waals surface area contributed by atoms with E-state index in [1.54, 1.807) is 23.1 Å². The van der Waals surface area contributed by atoms with Crippen LogP contribution in [0.15, 0.2) is 77.7 Å². The number of nitrogens with zero attached hydrogens (tertiary/aromatic N) is 1. The predicted octanol–water partition coefficient (Wildman–Crippen LogP) is 3.82. The van der Waals surface area contributed by atoms with Crippen molar-refractivity contribution < 1.29 is 18.0 Å². The summed E-state index contributed by atoms with van der Waals surface area (Å²) in [5.74, 6) is -0.527. The molecule has 0 bridgehead atoms.